The first-order valence-electron chi connectivity index (χ1n) is 12.1. The van der Waals surface area contributed by atoms with Gasteiger partial charge in [-0.25, -0.2) is 9.48 Å². The van der Waals surface area contributed by atoms with Crippen LogP contribution in [0.25, 0.3) is 16.9 Å². The van der Waals surface area contributed by atoms with Crippen LogP contribution in [0.4, 0.5) is 16.2 Å². The monoisotopic (exact) mass is 531 g/mol. The van der Waals surface area contributed by atoms with Gasteiger partial charge in [0, 0.05) is 28.9 Å². The molecule has 1 aromatic heterocycles. The van der Waals surface area contributed by atoms with E-state index in [2.05, 4.69) is 15.7 Å². The van der Waals surface area contributed by atoms with E-state index in [1.54, 1.807) is 97.1 Å². The van der Waals surface area contributed by atoms with Crippen LogP contribution in [0.5, 0.6) is 0 Å². The molecule has 0 radical (unpaired) electrons. The lowest BCUT2D eigenvalue weighted by Crippen LogP contribution is -2.35. The maximum Gasteiger partial charge on any atom is 0.326 e. The van der Waals surface area contributed by atoms with Gasteiger partial charge in [-0.15, -0.1) is 0 Å². The van der Waals surface area contributed by atoms with Crippen molar-refractivity contribution >= 4 is 29.1 Å². The number of aromatic nitrogens is 2. The summed E-state index contributed by atoms with van der Waals surface area (Å²) in [7, 11) is 0. The number of nitrogens with one attached hydrogen (secondary N) is 2. The van der Waals surface area contributed by atoms with Gasteiger partial charge < -0.3 is 5.32 Å². The molecule has 0 unspecified atom stereocenters. The van der Waals surface area contributed by atoms with Crippen molar-refractivity contribution < 1.29 is 19.3 Å². The number of imide groups is 1. The standard InChI is InChI=1S/C30H21N5O5/c36-28(21-13-6-2-7-14-21)25-26(29(37)32-30(38)31-22-15-8-3-9-16-22)33-34(27(25)20-11-4-1-5-12-20)23-17-10-18-24(19-23)35(39)40/h1-19H,(H2,31,32,37,38). The molecule has 3 amide bonds. The molecular formula is C30H21N5O5. The molecule has 196 valence electrons. The number of nitro benzene ring substituents is 1. The molecule has 0 aliphatic rings. The smallest absolute Gasteiger partial charge is 0.308 e. The van der Waals surface area contributed by atoms with Crippen LogP contribution >= 0.6 is 0 Å². The van der Waals surface area contributed by atoms with E-state index < -0.39 is 22.6 Å². The summed E-state index contributed by atoms with van der Waals surface area (Å²) >= 11 is 0. The maximum atomic E-state index is 13.9. The minimum Gasteiger partial charge on any atom is -0.308 e. The van der Waals surface area contributed by atoms with Crippen LogP contribution in [0.1, 0.15) is 26.4 Å². The first-order chi connectivity index (χ1) is 19.4. The highest BCUT2D eigenvalue weighted by atomic mass is 16.6. The molecule has 0 bridgehead atoms. The van der Waals surface area contributed by atoms with Gasteiger partial charge in [0.05, 0.1) is 21.9 Å². The fourth-order valence-electron chi connectivity index (χ4n) is 4.16. The second-order valence-corrected chi connectivity index (χ2v) is 8.60. The Morgan fingerprint density at radius 3 is 2.05 bits per heavy atom. The number of hydrogen-bond donors (Lipinski definition) is 2. The third-order valence-electron chi connectivity index (χ3n) is 5.95. The van der Waals surface area contributed by atoms with E-state index in [4.69, 9.17) is 0 Å². The molecule has 0 aliphatic heterocycles. The van der Waals surface area contributed by atoms with E-state index in [1.807, 2.05) is 0 Å². The Balaban J connectivity index is 1.68. The van der Waals surface area contributed by atoms with Crippen molar-refractivity contribution in [3.05, 3.63) is 142 Å². The number of non-ortho nitro benzene ring substituents is 1. The molecule has 0 spiro atoms. The van der Waals surface area contributed by atoms with Crippen molar-refractivity contribution in [2.24, 2.45) is 0 Å². The molecule has 5 rings (SSSR count). The number of hydrogen-bond acceptors (Lipinski definition) is 6. The predicted molar refractivity (Wildman–Crippen MR) is 148 cm³/mol. The molecule has 40 heavy (non-hydrogen) atoms. The number of carbonyl (C=O) groups is 3. The molecule has 4 aromatic carbocycles. The summed E-state index contributed by atoms with van der Waals surface area (Å²) in [5, 5.41) is 20.7. The second kappa shape index (κ2) is 11.2. The molecule has 0 aliphatic carbocycles. The predicted octanol–water partition coefficient (Wildman–Crippen LogP) is 5.64. The molecule has 0 atom stereocenters. The number of anilines is 1. The van der Waals surface area contributed by atoms with Gasteiger partial charge in [-0.2, -0.15) is 5.10 Å². The van der Waals surface area contributed by atoms with Gasteiger partial charge in [-0.3, -0.25) is 25.0 Å². The topological polar surface area (TPSA) is 136 Å². The average molecular weight is 532 g/mol. The van der Waals surface area contributed by atoms with Gasteiger partial charge in [0.25, 0.3) is 11.6 Å². The van der Waals surface area contributed by atoms with Crippen LogP contribution < -0.4 is 10.6 Å². The van der Waals surface area contributed by atoms with Crippen molar-refractivity contribution in [3.8, 4) is 16.9 Å². The van der Waals surface area contributed by atoms with Crippen molar-refractivity contribution in [2.45, 2.75) is 0 Å². The summed E-state index contributed by atoms with van der Waals surface area (Å²) < 4.78 is 1.31. The number of nitrogens with zero attached hydrogens (tertiary/aromatic N) is 3. The highest BCUT2D eigenvalue weighted by Crippen LogP contribution is 2.32. The van der Waals surface area contributed by atoms with E-state index in [1.165, 1.54) is 22.9 Å². The van der Waals surface area contributed by atoms with Crippen LogP contribution in [0.2, 0.25) is 0 Å². The van der Waals surface area contributed by atoms with E-state index in [0.29, 0.717) is 16.8 Å². The van der Waals surface area contributed by atoms with Gasteiger partial charge in [-0.05, 0) is 18.2 Å². The van der Waals surface area contributed by atoms with E-state index in [0.717, 1.165) is 0 Å². The van der Waals surface area contributed by atoms with Gasteiger partial charge in [0.2, 0.25) is 0 Å². The summed E-state index contributed by atoms with van der Waals surface area (Å²) in [6.07, 6.45) is 0. The molecule has 2 N–H and O–H groups in total. The summed E-state index contributed by atoms with van der Waals surface area (Å²) in [6.45, 7) is 0. The molecule has 0 saturated carbocycles. The number of urea groups is 1. The third-order valence-corrected chi connectivity index (χ3v) is 5.95. The van der Waals surface area contributed by atoms with Crippen molar-refractivity contribution in [1.29, 1.82) is 0 Å². The van der Waals surface area contributed by atoms with E-state index in [9.17, 15) is 24.5 Å². The zero-order chi connectivity index (χ0) is 28.1. The number of ketones is 1. The quantitative estimate of drug-likeness (QED) is 0.158. The van der Waals surface area contributed by atoms with Gasteiger partial charge >= 0.3 is 6.03 Å². The highest BCUT2D eigenvalue weighted by molar-refractivity contribution is 6.20. The van der Waals surface area contributed by atoms with Crippen LogP contribution in [0.15, 0.2) is 115 Å². The van der Waals surface area contributed by atoms with Crippen LogP contribution in [-0.2, 0) is 0 Å². The zero-order valence-corrected chi connectivity index (χ0v) is 20.9. The summed E-state index contributed by atoms with van der Waals surface area (Å²) in [5.41, 5.74) is 1.20. The molecule has 10 nitrogen and oxygen atoms in total. The zero-order valence-electron chi connectivity index (χ0n) is 20.9. The molecular weight excluding hydrogens is 510 g/mol. The first-order valence-corrected chi connectivity index (χ1v) is 12.1. The first kappa shape index (κ1) is 25.7. The van der Waals surface area contributed by atoms with Gasteiger partial charge in [-0.1, -0.05) is 84.9 Å². The Hall–Kier alpha value is -5.90. The highest BCUT2D eigenvalue weighted by Gasteiger charge is 2.31. The Bertz CT molecular complexity index is 1720. The molecule has 0 fully saturated rings. The second-order valence-electron chi connectivity index (χ2n) is 8.60. The number of nitro groups is 1. The van der Waals surface area contributed by atoms with Gasteiger partial charge in [0.1, 0.15) is 0 Å². The number of rotatable bonds is 7. The lowest BCUT2D eigenvalue weighted by Gasteiger charge is -2.10. The Morgan fingerprint density at radius 1 is 0.775 bits per heavy atom. The normalized spacial score (nSPS) is 10.5. The number of para-hydroxylation sites is 1. The molecule has 10 heteroatoms. The minimum atomic E-state index is -0.922. The number of carbonyl (C=O) groups excluding carboxylic acids is 3. The van der Waals surface area contributed by atoms with Crippen molar-refractivity contribution in [2.75, 3.05) is 5.32 Å². The fourth-order valence-corrected chi connectivity index (χ4v) is 4.16. The molecule has 0 saturated heterocycles. The lowest BCUT2D eigenvalue weighted by molar-refractivity contribution is -0.384. The fraction of sp³-hybridized carbons (Fsp3) is 0. The molecule has 5 aromatic rings. The maximum absolute atomic E-state index is 13.9. The third kappa shape index (κ3) is 5.36. The van der Waals surface area contributed by atoms with Crippen molar-refractivity contribution in [1.82, 2.24) is 15.1 Å². The average Bonchev–Trinajstić information content (AvgIpc) is 3.39. The number of amides is 3. The Labute approximate surface area is 228 Å². The van der Waals surface area contributed by atoms with Crippen molar-refractivity contribution in [3.63, 3.8) is 0 Å². The SMILES string of the molecule is O=C(NC(=O)c1nn(-c2cccc([N+](=O)[O-])c2)c(-c2ccccc2)c1C(=O)c1ccccc1)Nc1ccccc1. The number of benzene rings is 4. The Morgan fingerprint density at radius 2 is 1.40 bits per heavy atom. The summed E-state index contributed by atoms with van der Waals surface area (Å²) in [5.74, 6) is -1.43. The van der Waals surface area contributed by atoms with E-state index in [-0.39, 0.29) is 28.3 Å². The largest absolute Gasteiger partial charge is 0.326 e. The molecule has 1 heterocycles. The van der Waals surface area contributed by atoms with Crippen LogP contribution in [0, 0.1) is 10.1 Å². The van der Waals surface area contributed by atoms with Gasteiger partial charge in [0.15, 0.2) is 11.5 Å². The van der Waals surface area contributed by atoms with Crippen LogP contribution in [0.3, 0.4) is 0 Å². The Kier molecular flexibility index (Phi) is 7.23. The van der Waals surface area contributed by atoms with E-state index >= 15 is 0 Å². The summed E-state index contributed by atoms with van der Waals surface area (Å²) in [6, 6.07) is 30.5. The minimum absolute atomic E-state index is 0.0612. The van der Waals surface area contributed by atoms with Crippen LogP contribution in [-0.4, -0.2) is 32.4 Å². The lowest BCUT2D eigenvalue weighted by atomic mass is 9.97. The summed E-state index contributed by atoms with van der Waals surface area (Å²) in [4.78, 5) is 51.0.